The van der Waals surface area contributed by atoms with Crippen LogP contribution in [0.4, 0.5) is 5.69 Å². The Kier molecular flexibility index (Phi) is 5.72. The lowest BCUT2D eigenvalue weighted by Crippen LogP contribution is -2.21. The van der Waals surface area contributed by atoms with Gasteiger partial charge >= 0.3 is 5.63 Å². The maximum Gasteiger partial charge on any atom is 0.347 e. The van der Waals surface area contributed by atoms with E-state index in [1.807, 2.05) is 36.4 Å². The summed E-state index contributed by atoms with van der Waals surface area (Å²) < 4.78 is 6.91. The van der Waals surface area contributed by atoms with Gasteiger partial charge in [0, 0.05) is 40.7 Å². The van der Waals surface area contributed by atoms with Crippen LogP contribution < -0.4 is 10.5 Å². The van der Waals surface area contributed by atoms with Crippen LogP contribution in [0.15, 0.2) is 74.8 Å². The van der Waals surface area contributed by atoms with Crippen LogP contribution in [0, 0.1) is 6.92 Å². The Morgan fingerprint density at radius 1 is 1.00 bits per heavy atom. The van der Waals surface area contributed by atoms with E-state index in [1.165, 1.54) is 11.3 Å². The third-order valence-electron chi connectivity index (χ3n) is 6.02. The van der Waals surface area contributed by atoms with Crippen molar-refractivity contribution in [1.82, 2.24) is 4.98 Å². The number of thiol groups is 1. The number of aryl methyl sites for hydroxylation is 1. The van der Waals surface area contributed by atoms with Crippen molar-refractivity contribution in [3.05, 3.63) is 76.6 Å². The lowest BCUT2D eigenvalue weighted by molar-refractivity contribution is 0.564. The van der Waals surface area contributed by atoms with Crippen molar-refractivity contribution in [3.63, 3.8) is 0 Å². The molecule has 5 rings (SSSR count). The van der Waals surface area contributed by atoms with Crippen LogP contribution in [0.25, 0.3) is 42.9 Å². The second kappa shape index (κ2) is 8.69. The van der Waals surface area contributed by atoms with Gasteiger partial charge in [0.15, 0.2) is 0 Å². The second-order valence-electron chi connectivity index (χ2n) is 7.98. The molecule has 0 amide bonds. The summed E-state index contributed by atoms with van der Waals surface area (Å²) >= 11 is 5.94. The summed E-state index contributed by atoms with van der Waals surface area (Å²) in [6, 6.07) is 20.1. The zero-order chi connectivity index (χ0) is 23.1. The van der Waals surface area contributed by atoms with Crippen LogP contribution in [-0.2, 0) is 0 Å². The first-order chi connectivity index (χ1) is 16.0. The maximum atomic E-state index is 13.5. The highest BCUT2D eigenvalue weighted by atomic mass is 32.1. The van der Waals surface area contributed by atoms with Crippen LogP contribution in [0.2, 0.25) is 0 Å². The van der Waals surface area contributed by atoms with Gasteiger partial charge in [-0.25, -0.2) is 9.78 Å². The molecule has 0 unspecified atom stereocenters. The zero-order valence-corrected chi connectivity index (χ0v) is 20.5. The van der Waals surface area contributed by atoms with E-state index >= 15 is 0 Å². The third-order valence-corrected chi connectivity index (χ3v) is 7.33. The predicted molar refractivity (Wildman–Crippen MR) is 142 cm³/mol. The third kappa shape index (κ3) is 3.83. The Morgan fingerprint density at radius 2 is 1.79 bits per heavy atom. The van der Waals surface area contributed by atoms with Gasteiger partial charge in [0.25, 0.3) is 0 Å². The van der Waals surface area contributed by atoms with Gasteiger partial charge in [0.05, 0.1) is 10.2 Å². The molecule has 2 aromatic heterocycles. The average Bonchev–Trinajstić information content (AvgIpc) is 3.22. The number of rotatable bonds is 5. The van der Waals surface area contributed by atoms with Crippen molar-refractivity contribution >= 4 is 50.8 Å². The number of benzene rings is 3. The molecule has 0 saturated carbocycles. The Labute approximate surface area is 201 Å². The number of thiazole rings is 1. The van der Waals surface area contributed by atoms with Gasteiger partial charge in [-0.05, 0) is 62.2 Å². The molecule has 0 bridgehead atoms. The van der Waals surface area contributed by atoms with Gasteiger partial charge in [-0.3, -0.25) is 0 Å². The predicted octanol–water partition coefficient (Wildman–Crippen LogP) is 7.18. The van der Waals surface area contributed by atoms with E-state index in [1.54, 1.807) is 0 Å². The lowest BCUT2D eigenvalue weighted by Gasteiger charge is -2.21. The number of anilines is 1. The van der Waals surface area contributed by atoms with E-state index in [-0.39, 0.29) is 5.63 Å². The fraction of sp³-hybridized carbons (Fsp3) is 0.185. The first-order valence-electron chi connectivity index (χ1n) is 11.0. The summed E-state index contributed by atoms with van der Waals surface area (Å²) in [5.41, 5.74) is 5.59. The van der Waals surface area contributed by atoms with Crippen molar-refractivity contribution in [1.29, 1.82) is 0 Å². The molecule has 0 aliphatic rings. The van der Waals surface area contributed by atoms with Gasteiger partial charge in [0.2, 0.25) is 0 Å². The highest BCUT2D eigenvalue weighted by Gasteiger charge is 2.22. The maximum absolute atomic E-state index is 13.5. The molecule has 166 valence electrons. The summed E-state index contributed by atoms with van der Waals surface area (Å²) in [5, 5.41) is 1.56. The smallest absolute Gasteiger partial charge is 0.347 e. The van der Waals surface area contributed by atoms with Gasteiger partial charge in [-0.15, -0.1) is 24.0 Å². The molecular formula is C27H24N2O2S2. The molecule has 0 radical (unpaired) electrons. The second-order valence-corrected chi connectivity index (χ2v) is 9.53. The van der Waals surface area contributed by atoms with E-state index in [0.29, 0.717) is 16.2 Å². The fourth-order valence-electron chi connectivity index (χ4n) is 4.32. The molecule has 6 heteroatoms. The Morgan fingerprint density at radius 3 is 2.55 bits per heavy atom. The number of hydrogen-bond acceptors (Lipinski definition) is 6. The van der Waals surface area contributed by atoms with Crippen molar-refractivity contribution in [2.75, 3.05) is 18.0 Å². The van der Waals surface area contributed by atoms with Crippen LogP contribution in [0.1, 0.15) is 19.4 Å². The minimum atomic E-state index is -0.373. The van der Waals surface area contributed by atoms with Crippen LogP contribution in [0.3, 0.4) is 0 Å². The number of fused-ring (bicyclic) bond motifs is 2. The Balaban J connectivity index is 1.85. The summed E-state index contributed by atoms with van der Waals surface area (Å²) in [4.78, 5) is 21.4. The average molecular weight is 473 g/mol. The molecule has 2 heterocycles. The summed E-state index contributed by atoms with van der Waals surface area (Å²) in [6.45, 7) is 8.07. The fourth-order valence-corrected chi connectivity index (χ4v) is 5.66. The molecule has 0 saturated heterocycles. The van der Waals surface area contributed by atoms with Crippen LogP contribution in [0.5, 0.6) is 0 Å². The normalized spacial score (nSPS) is 11.4. The summed E-state index contributed by atoms with van der Waals surface area (Å²) in [6.07, 6.45) is 0. The van der Waals surface area contributed by atoms with Crippen molar-refractivity contribution in [2.45, 2.75) is 25.7 Å². The molecule has 0 spiro atoms. The van der Waals surface area contributed by atoms with Crippen LogP contribution >= 0.6 is 24.0 Å². The van der Waals surface area contributed by atoms with E-state index < -0.39 is 0 Å². The first-order valence-corrected chi connectivity index (χ1v) is 12.3. The molecule has 4 nitrogen and oxygen atoms in total. The topological polar surface area (TPSA) is 46.3 Å². The number of nitrogens with zero attached hydrogens (tertiary/aromatic N) is 2. The largest absolute Gasteiger partial charge is 0.422 e. The number of aromatic nitrogens is 1. The van der Waals surface area contributed by atoms with Gasteiger partial charge in [-0.1, -0.05) is 24.3 Å². The Hall–Kier alpha value is -3.09. The van der Waals surface area contributed by atoms with Gasteiger partial charge in [-0.2, -0.15) is 0 Å². The van der Waals surface area contributed by atoms with E-state index in [0.717, 1.165) is 56.0 Å². The van der Waals surface area contributed by atoms with Crippen molar-refractivity contribution in [3.8, 4) is 21.7 Å². The molecule has 3 aromatic carbocycles. The number of hydrogen-bond donors (Lipinski definition) is 1. The Bertz CT molecular complexity index is 1550. The SMILES string of the molecule is CCN(CC)c1ccc2c(-c3ccccc3C)c(-c3nc4ccc(S)cc4s3)c(=O)oc2c1. The monoisotopic (exact) mass is 472 g/mol. The summed E-state index contributed by atoms with van der Waals surface area (Å²) in [7, 11) is 0. The molecule has 33 heavy (non-hydrogen) atoms. The highest BCUT2D eigenvalue weighted by molar-refractivity contribution is 7.80. The van der Waals surface area contributed by atoms with Crippen LogP contribution in [-0.4, -0.2) is 18.1 Å². The molecule has 0 fully saturated rings. The van der Waals surface area contributed by atoms with Gasteiger partial charge < -0.3 is 9.32 Å². The zero-order valence-electron chi connectivity index (χ0n) is 18.8. The quantitative estimate of drug-likeness (QED) is 0.217. The van der Waals surface area contributed by atoms with Gasteiger partial charge in [0.1, 0.15) is 16.2 Å². The van der Waals surface area contributed by atoms with E-state index in [4.69, 9.17) is 9.40 Å². The lowest BCUT2D eigenvalue weighted by atomic mass is 9.94. The van der Waals surface area contributed by atoms with Crippen molar-refractivity contribution in [2.24, 2.45) is 0 Å². The van der Waals surface area contributed by atoms with Crippen molar-refractivity contribution < 1.29 is 4.42 Å². The molecular weight excluding hydrogens is 448 g/mol. The molecule has 0 atom stereocenters. The molecule has 0 aliphatic carbocycles. The molecule has 5 aromatic rings. The minimum Gasteiger partial charge on any atom is -0.422 e. The van der Waals surface area contributed by atoms with E-state index in [2.05, 4.69) is 62.6 Å². The molecule has 0 N–H and O–H groups in total. The first kappa shape index (κ1) is 21.7. The summed E-state index contributed by atoms with van der Waals surface area (Å²) in [5.74, 6) is 0. The standard InChI is InChI=1S/C27H24N2O2S2/c1-4-29(5-2)17-10-12-20-22(14-17)31-27(30)25(24(20)19-9-7-6-8-16(19)3)26-28-21-13-11-18(32)15-23(21)33-26/h6-15,32H,4-5H2,1-3H3. The highest BCUT2D eigenvalue weighted by Crippen LogP contribution is 2.41. The minimum absolute atomic E-state index is 0.373. The molecule has 0 aliphatic heterocycles. The van der Waals surface area contributed by atoms with E-state index in [9.17, 15) is 4.79 Å².